The van der Waals surface area contributed by atoms with Crippen molar-refractivity contribution in [1.82, 2.24) is 4.90 Å². The maximum absolute atomic E-state index is 9.75. The van der Waals surface area contributed by atoms with Crippen molar-refractivity contribution in [3.8, 4) is 0 Å². The van der Waals surface area contributed by atoms with Gasteiger partial charge in [-0.3, -0.25) is 4.90 Å². The summed E-state index contributed by atoms with van der Waals surface area (Å²) in [6.07, 6.45) is 3.83. The molecule has 0 amide bonds. The summed E-state index contributed by atoms with van der Waals surface area (Å²) in [6, 6.07) is 10.4. The normalized spacial score (nSPS) is 21.6. The molecule has 2 nitrogen and oxygen atoms in total. The first-order valence-electron chi connectivity index (χ1n) is 6.19. The van der Waals surface area contributed by atoms with Gasteiger partial charge in [-0.2, -0.15) is 0 Å². The zero-order valence-electron chi connectivity index (χ0n) is 10.0. The van der Waals surface area contributed by atoms with Gasteiger partial charge in [-0.25, -0.2) is 0 Å². The van der Waals surface area contributed by atoms with E-state index in [1.165, 1.54) is 24.8 Å². The number of piperidine rings is 1. The van der Waals surface area contributed by atoms with Crippen LogP contribution >= 0.6 is 0 Å². The van der Waals surface area contributed by atoms with Crippen LogP contribution in [0.15, 0.2) is 30.3 Å². The largest absolute Gasteiger partial charge is 0.394 e. The molecule has 0 spiro atoms. The Morgan fingerprint density at radius 1 is 1.12 bits per heavy atom. The first-order valence-corrected chi connectivity index (χ1v) is 6.19. The minimum Gasteiger partial charge on any atom is -0.394 e. The van der Waals surface area contributed by atoms with Gasteiger partial charge in [-0.1, -0.05) is 36.8 Å². The molecule has 0 radical (unpaired) electrons. The molecule has 1 saturated heterocycles. The van der Waals surface area contributed by atoms with Crippen molar-refractivity contribution < 1.29 is 5.11 Å². The predicted octanol–water partition coefficient (Wildman–Crippen LogP) is 2.38. The summed E-state index contributed by atoms with van der Waals surface area (Å²) >= 11 is 0. The highest BCUT2D eigenvalue weighted by atomic mass is 16.3. The number of rotatable bonds is 3. The fourth-order valence-electron chi connectivity index (χ4n) is 2.56. The Morgan fingerprint density at radius 2 is 1.75 bits per heavy atom. The highest BCUT2D eigenvalue weighted by Crippen LogP contribution is 2.30. The number of benzene rings is 1. The molecule has 0 aliphatic carbocycles. The smallest absolute Gasteiger partial charge is 0.0665 e. The fourth-order valence-corrected chi connectivity index (χ4v) is 2.56. The highest BCUT2D eigenvalue weighted by molar-refractivity contribution is 5.24. The Hall–Kier alpha value is -0.860. The molecular formula is C14H21NO. The number of aliphatic hydroxyl groups excluding tert-OH is 1. The second kappa shape index (κ2) is 4.98. The minimum absolute atomic E-state index is 0.191. The molecule has 1 aromatic rings. The average Bonchev–Trinajstić information content (AvgIpc) is 2.40. The van der Waals surface area contributed by atoms with Crippen LogP contribution in [0.3, 0.4) is 0 Å². The van der Waals surface area contributed by atoms with E-state index in [0.29, 0.717) is 0 Å². The summed E-state index contributed by atoms with van der Waals surface area (Å²) in [5.41, 5.74) is 1.02. The van der Waals surface area contributed by atoms with E-state index < -0.39 is 0 Å². The second-order valence-corrected chi connectivity index (χ2v) is 4.85. The summed E-state index contributed by atoms with van der Waals surface area (Å²) in [5.74, 6) is 0. The van der Waals surface area contributed by atoms with E-state index in [0.717, 1.165) is 13.1 Å². The molecule has 1 heterocycles. The van der Waals surface area contributed by atoms with E-state index in [-0.39, 0.29) is 12.1 Å². The first kappa shape index (κ1) is 11.6. The molecule has 88 valence electrons. The Labute approximate surface area is 97.9 Å². The van der Waals surface area contributed by atoms with Gasteiger partial charge in [0, 0.05) is 0 Å². The molecular weight excluding hydrogens is 198 g/mol. The lowest BCUT2D eigenvalue weighted by atomic mass is 9.89. The summed E-state index contributed by atoms with van der Waals surface area (Å²) in [4.78, 5) is 2.42. The van der Waals surface area contributed by atoms with E-state index >= 15 is 0 Å². The van der Waals surface area contributed by atoms with Crippen LogP contribution in [-0.2, 0) is 5.54 Å². The van der Waals surface area contributed by atoms with Crippen molar-refractivity contribution in [2.75, 3.05) is 19.7 Å². The lowest BCUT2D eigenvalue weighted by Crippen LogP contribution is -2.49. The summed E-state index contributed by atoms with van der Waals surface area (Å²) < 4.78 is 0. The first-order chi connectivity index (χ1) is 7.77. The SMILES string of the molecule is CC(CO)(c1ccccc1)N1CCCCC1. The third-order valence-corrected chi connectivity index (χ3v) is 3.76. The molecule has 1 fully saturated rings. The van der Waals surface area contributed by atoms with E-state index in [2.05, 4.69) is 24.0 Å². The van der Waals surface area contributed by atoms with Crippen LogP contribution in [0.4, 0.5) is 0 Å². The van der Waals surface area contributed by atoms with E-state index in [9.17, 15) is 5.11 Å². The maximum atomic E-state index is 9.75. The third kappa shape index (κ3) is 2.13. The van der Waals surface area contributed by atoms with E-state index in [1.54, 1.807) is 0 Å². The standard InChI is InChI=1S/C14H21NO/c1-14(12-16,13-8-4-2-5-9-13)15-10-6-3-7-11-15/h2,4-5,8-9,16H,3,6-7,10-12H2,1H3. The molecule has 2 rings (SSSR count). The molecule has 0 aromatic heterocycles. The van der Waals surface area contributed by atoms with Gasteiger partial charge in [0.15, 0.2) is 0 Å². The summed E-state index contributed by atoms with van der Waals surface area (Å²) in [6.45, 7) is 4.54. The van der Waals surface area contributed by atoms with Crippen molar-refractivity contribution in [2.24, 2.45) is 0 Å². The third-order valence-electron chi connectivity index (χ3n) is 3.76. The Kier molecular flexibility index (Phi) is 3.62. The van der Waals surface area contributed by atoms with Crippen LogP contribution in [0.2, 0.25) is 0 Å². The van der Waals surface area contributed by atoms with Gasteiger partial charge in [-0.15, -0.1) is 0 Å². The molecule has 1 N–H and O–H groups in total. The van der Waals surface area contributed by atoms with Gasteiger partial charge in [0.1, 0.15) is 0 Å². The van der Waals surface area contributed by atoms with Crippen LogP contribution in [0, 0.1) is 0 Å². The van der Waals surface area contributed by atoms with Crippen molar-refractivity contribution in [2.45, 2.75) is 31.7 Å². The molecule has 1 atom stereocenters. The van der Waals surface area contributed by atoms with Crippen molar-refractivity contribution >= 4 is 0 Å². The van der Waals surface area contributed by atoms with Gasteiger partial charge >= 0.3 is 0 Å². The second-order valence-electron chi connectivity index (χ2n) is 4.85. The van der Waals surface area contributed by atoms with Crippen LogP contribution in [-0.4, -0.2) is 29.7 Å². The summed E-state index contributed by atoms with van der Waals surface area (Å²) in [5, 5.41) is 9.75. The monoisotopic (exact) mass is 219 g/mol. The number of likely N-dealkylation sites (tertiary alicyclic amines) is 1. The lowest BCUT2D eigenvalue weighted by molar-refractivity contribution is 0.0260. The number of hydrogen-bond acceptors (Lipinski definition) is 2. The van der Waals surface area contributed by atoms with Gasteiger partial charge in [0.2, 0.25) is 0 Å². The molecule has 0 saturated carbocycles. The van der Waals surface area contributed by atoms with Crippen LogP contribution in [0.1, 0.15) is 31.7 Å². The Balaban J connectivity index is 2.24. The maximum Gasteiger partial charge on any atom is 0.0665 e. The predicted molar refractivity (Wildman–Crippen MR) is 66.3 cm³/mol. The number of aliphatic hydroxyl groups is 1. The molecule has 16 heavy (non-hydrogen) atoms. The van der Waals surface area contributed by atoms with Crippen molar-refractivity contribution in [1.29, 1.82) is 0 Å². The fraction of sp³-hybridized carbons (Fsp3) is 0.571. The molecule has 1 aliphatic rings. The Morgan fingerprint density at radius 3 is 2.31 bits per heavy atom. The molecule has 1 aliphatic heterocycles. The van der Waals surface area contributed by atoms with E-state index in [1.807, 2.05) is 18.2 Å². The summed E-state index contributed by atoms with van der Waals surface area (Å²) in [7, 11) is 0. The quantitative estimate of drug-likeness (QED) is 0.843. The molecule has 0 bridgehead atoms. The van der Waals surface area contributed by atoms with Crippen LogP contribution in [0.25, 0.3) is 0 Å². The lowest BCUT2D eigenvalue weighted by Gasteiger charge is -2.42. The zero-order chi connectivity index (χ0) is 11.4. The molecule has 1 aromatic carbocycles. The van der Waals surface area contributed by atoms with Crippen LogP contribution in [0.5, 0.6) is 0 Å². The van der Waals surface area contributed by atoms with Gasteiger partial charge in [0.25, 0.3) is 0 Å². The van der Waals surface area contributed by atoms with Crippen molar-refractivity contribution in [3.05, 3.63) is 35.9 Å². The minimum atomic E-state index is -0.207. The average molecular weight is 219 g/mol. The molecule has 2 heteroatoms. The Bertz CT molecular complexity index is 319. The topological polar surface area (TPSA) is 23.5 Å². The number of hydrogen-bond donors (Lipinski definition) is 1. The highest BCUT2D eigenvalue weighted by Gasteiger charge is 2.33. The van der Waals surface area contributed by atoms with Gasteiger partial charge < -0.3 is 5.11 Å². The van der Waals surface area contributed by atoms with E-state index in [4.69, 9.17) is 0 Å². The van der Waals surface area contributed by atoms with Gasteiger partial charge in [0.05, 0.1) is 12.1 Å². The molecule has 1 unspecified atom stereocenters. The van der Waals surface area contributed by atoms with Crippen molar-refractivity contribution in [3.63, 3.8) is 0 Å². The number of nitrogens with zero attached hydrogens (tertiary/aromatic N) is 1. The van der Waals surface area contributed by atoms with Crippen LogP contribution < -0.4 is 0 Å². The van der Waals surface area contributed by atoms with Gasteiger partial charge in [-0.05, 0) is 38.4 Å². The zero-order valence-corrected chi connectivity index (χ0v) is 10.0.